The van der Waals surface area contributed by atoms with Crippen molar-refractivity contribution in [2.45, 2.75) is 6.54 Å². The number of rotatable bonds is 4. The number of nitrogens with zero attached hydrogens (tertiary/aromatic N) is 2. The van der Waals surface area contributed by atoms with Crippen LogP contribution in [0.4, 0.5) is 4.39 Å². The molecule has 0 unspecified atom stereocenters. The van der Waals surface area contributed by atoms with Gasteiger partial charge in [0.1, 0.15) is 11.4 Å². The highest BCUT2D eigenvalue weighted by Crippen LogP contribution is 2.20. The van der Waals surface area contributed by atoms with Crippen LogP contribution in [0.2, 0.25) is 0 Å². The number of hydrogen-bond acceptors (Lipinski definition) is 3. The van der Waals surface area contributed by atoms with Crippen LogP contribution in [0, 0.1) is 5.82 Å². The monoisotopic (exact) mass is 352 g/mol. The predicted molar refractivity (Wildman–Crippen MR) is 80.7 cm³/mol. The van der Waals surface area contributed by atoms with Crippen LogP contribution in [-0.2, 0) is 6.54 Å². The van der Waals surface area contributed by atoms with Crippen molar-refractivity contribution in [3.63, 3.8) is 0 Å². The maximum absolute atomic E-state index is 13.7. The molecule has 2 rings (SSSR count). The summed E-state index contributed by atoms with van der Waals surface area (Å²) in [5.41, 5.74) is 0.779. The summed E-state index contributed by atoms with van der Waals surface area (Å²) in [6.07, 6.45) is 1.55. The molecule has 110 valence electrons. The van der Waals surface area contributed by atoms with Gasteiger partial charge in [0.2, 0.25) is 5.88 Å². The highest BCUT2D eigenvalue weighted by Gasteiger charge is 2.18. The lowest BCUT2D eigenvalue weighted by atomic mass is 10.2. The average molecular weight is 353 g/mol. The summed E-state index contributed by atoms with van der Waals surface area (Å²) in [7, 11) is 3.06. The van der Waals surface area contributed by atoms with Crippen LogP contribution < -0.4 is 4.74 Å². The second kappa shape index (κ2) is 6.67. The van der Waals surface area contributed by atoms with Gasteiger partial charge in [-0.25, -0.2) is 9.37 Å². The first-order valence-electron chi connectivity index (χ1n) is 6.21. The normalized spacial score (nSPS) is 10.3. The third kappa shape index (κ3) is 3.58. The van der Waals surface area contributed by atoms with E-state index in [2.05, 4.69) is 20.9 Å². The van der Waals surface area contributed by atoms with Gasteiger partial charge >= 0.3 is 0 Å². The number of ether oxygens (including phenoxy) is 1. The van der Waals surface area contributed by atoms with E-state index >= 15 is 0 Å². The van der Waals surface area contributed by atoms with Crippen molar-refractivity contribution >= 4 is 21.8 Å². The standard InChI is InChI=1S/C15H14BrFN2O2/c1-19(9-10-8-11(16)5-6-13(10)17)15(20)12-4-3-7-18-14(12)21-2/h3-8H,9H2,1-2H3. The van der Waals surface area contributed by atoms with E-state index in [-0.39, 0.29) is 24.1 Å². The fourth-order valence-electron chi connectivity index (χ4n) is 1.91. The summed E-state index contributed by atoms with van der Waals surface area (Å²) in [6, 6.07) is 7.91. The molecule has 1 amide bonds. The van der Waals surface area contributed by atoms with Crippen molar-refractivity contribution < 1.29 is 13.9 Å². The Kier molecular flexibility index (Phi) is 4.90. The lowest BCUT2D eigenvalue weighted by Gasteiger charge is -2.18. The van der Waals surface area contributed by atoms with Crippen molar-refractivity contribution in [1.29, 1.82) is 0 Å². The van der Waals surface area contributed by atoms with E-state index < -0.39 is 0 Å². The van der Waals surface area contributed by atoms with E-state index in [0.29, 0.717) is 11.1 Å². The van der Waals surface area contributed by atoms with Crippen LogP contribution in [0.5, 0.6) is 5.88 Å². The molecule has 0 saturated heterocycles. The summed E-state index contributed by atoms with van der Waals surface area (Å²) in [5, 5.41) is 0. The minimum absolute atomic E-state index is 0.155. The number of benzene rings is 1. The van der Waals surface area contributed by atoms with Gasteiger partial charge < -0.3 is 9.64 Å². The molecule has 21 heavy (non-hydrogen) atoms. The Bertz CT molecular complexity index is 664. The summed E-state index contributed by atoms with van der Waals surface area (Å²) in [5.74, 6) is -0.376. The second-order valence-electron chi connectivity index (χ2n) is 4.46. The van der Waals surface area contributed by atoms with E-state index in [1.54, 1.807) is 37.5 Å². The molecule has 0 radical (unpaired) electrons. The first-order chi connectivity index (χ1) is 10.0. The van der Waals surface area contributed by atoms with E-state index in [9.17, 15) is 9.18 Å². The number of carbonyl (C=O) groups excluding carboxylic acids is 1. The zero-order chi connectivity index (χ0) is 15.4. The molecule has 4 nitrogen and oxygen atoms in total. The van der Waals surface area contributed by atoms with Gasteiger partial charge in [-0.2, -0.15) is 0 Å². The summed E-state index contributed by atoms with van der Waals surface area (Å²) in [4.78, 5) is 17.8. The summed E-state index contributed by atoms with van der Waals surface area (Å²) in [6.45, 7) is 0.155. The Labute approximate surface area is 130 Å². The van der Waals surface area contributed by atoms with Crippen LogP contribution in [-0.4, -0.2) is 29.9 Å². The van der Waals surface area contributed by atoms with Crippen LogP contribution in [0.1, 0.15) is 15.9 Å². The molecular weight excluding hydrogens is 339 g/mol. The first-order valence-corrected chi connectivity index (χ1v) is 7.00. The lowest BCUT2D eigenvalue weighted by molar-refractivity contribution is 0.0779. The molecule has 0 spiro atoms. The van der Waals surface area contributed by atoms with Crippen molar-refractivity contribution in [2.24, 2.45) is 0 Å². The maximum Gasteiger partial charge on any atom is 0.259 e. The molecule has 1 aromatic heterocycles. The Balaban J connectivity index is 2.21. The molecular formula is C15H14BrFN2O2. The highest BCUT2D eigenvalue weighted by molar-refractivity contribution is 9.10. The molecule has 0 aliphatic rings. The Morgan fingerprint density at radius 3 is 2.90 bits per heavy atom. The molecule has 0 fully saturated rings. The maximum atomic E-state index is 13.7. The first kappa shape index (κ1) is 15.4. The van der Waals surface area contributed by atoms with Crippen molar-refractivity contribution in [2.75, 3.05) is 14.2 Å². The van der Waals surface area contributed by atoms with Gasteiger partial charge in [-0.15, -0.1) is 0 Å². The number of halogens is 2. The van der Waals surface area contributed by atoms with E-state index in [1.165, 1.54) is 18.1 Å². The molecule has 0 bridgehead atoms. The quantitative estimate of drug-likeness (QED) is 0.847. The van der Waals surface area contributed by atoms with E-state index in [1.807, 2.05) is 0 Å². The van der Waals surface area contributed by atoms with Crippen LogP contribution >= 0.6 is 15.9 Å². The third-order valence-corrected chi connectivity index (χ3v) is 3.45. The zero-order valence-electron chi connectivity index (χ0n) is 11.6. The van der Waals surface area contributed by atoms with Crippen LogP contribution in [0.15, 0.2) is 41.0 Å². The van der Waals surface area contributed by atoms with Gasteiger partial charge in [0, 0.05) is 29.8 Å². The van der Waals surface area contributed by atoms with Crippen molar-refractivity contribution in [1.82, 2.24) is 9.88 Å². The molecule has 0 atom stereocenters. The largest absolute Gasteiger partial charge is 0.480 e. The van der Waals surface area contributed by atoms with Gasteiger partial charge in [-0.05, 0) is 30.3 Å². The number of methoxy groups -OCH3 is 1. The van der Waals surface area contributed by atoms with Gasteiger partial charge in [-0.3, -0.25) is 4.79 Å². The summed E-state index contributed by atoms with van der Waals surface area (Å²) < 4.78 is 19.6. The summed E-state index contributed by atoms with van der Waals surface area (Å²) >= 11 is 3.29. The number of amides is 1. The van der Waals surface area contributed by atoms with E-state index in [4.69, 9.17) is 4.74 Å². The topological polar surface area (TPSA) is 42.4 Å². The second-order valence-corrected chi connectivity index (χ2v) is 5.37. The van der Waals surface area contributed by atoms with Gasteiger partial charge in [0.15, 0.2) is 0 Å². The fraction of sp³-hybridized carbons (Fsp3) is 0.200. The van der Waals surface area contributed by atoms with Gasteiger partial charge in [-0.1, -0.05) is 15.9 Å². The predicted octanol–water partition coefficient (Wildman–Crippen LogP) is 3.26. The minimum Gasteiger partial charge on any atom is -0.480 e. The lowest BCUT2D eigenvalue weighted by Crippen LogP contribution is -2.27. The van der Waals surface area contributed by atoms with Gasteiger partial charge in [0.05, 0.1) is 7.11 Å². The molecule has 0 N–H and O–H groups in total. The molecule has 6 heteroatoms. The Morgan fingerprint density at radius 2 is 2.19 bits per heavy atom. The Morgan fingerprint density at radius 1 is 1.43 bits per heavy atom. The molecule has 0 aliphatic carbocycles. The van der Waals surface area contributed by atoms with Gasteiger partial charge in [0.25, 0.3) is 5.91 Å². The van der Waals surface area contributed by atoms with Crippen molar-refractivity contribution in [3.05, 3.63) is 57.9 Å². The number of carbonyl (C=O) groups is 1. The highest BCUT2D eigenvalue weighted by atomic mass is 79.9. The minimum atomic E-state index is -0.351. The molecule has 0 aliphatic heterocycles. The number of hydrogen-bond donors (Lipinski definition) is 0. The molecule has 1 aromatic carbocycles. The number of pyridine rings is 1. The van der Waals surface area contributed by atoms with Crippen LogP contribution in [0.25, 0.3) is 0 Å². The smallest absolute Gasteiger partial charge is 0.259 e. The molecule has 0 saturated carbocycles. The number of aromatic nitrogens is 1. The molecule has 2 aromatic rings. The average Bonchev–Trinajstić information content (AvgIpc) is 2.50. The van der Waals surface area contributed by atoms with Crippen molar-refractivity contribution in [3.8, 4) is 5.88 Å². The van der Waals surface area contributed by atoms with E-state index in [0.717, 1.165) is 4.47 Å². The SMILES string of the molecule is COc1ncccc1C(=O)N(C)Cc1cc(Br)ccc1F. The Hall–Kier alpha value is -1.95. The fourth-order valence-corrected chi connectivity index (χ4v) is 2.32. The van der Waals surface area contributed by atoms with Crippen LogP contribution in [0.3, 0.4) is 0 Å². The molecule has 1 heterocycles. The zero-order valence-corrected chi connectivity index (χ0v) is 13.2. The third-order valence-electron chi connectivity index (χ3n) is 2.96.